The van der Waals surface area contributed by atoms with Crippen LogP contribution in [0.4, 0.5) is 0 Å². The van der Waals surface area contributed by atoms with Gasteiger partial charge in [-0.05, 0) is 31.9 Å². The third-order valence-electron chi connectivity index (χ3n) is 4.12. The molecular weight excluding hydrogens is 270 g/mol. The first-order valence-corrected chi connectivity index (χ1v) is 7.30. The van der Waals surface area contributed by atoms with Crippen molar-refractivity contribution in [1.29, 1.82) is 0 Å². The van der Waals surface area contributed by atoms with Gasteiger partial charge in [0.15, 0.2) is 11.5 Å². The monoisotopic (exact) mass is 295 g/mol. The maximum atomic E-state index is 5.55. The van der Waals surface area contributed by atoms with Gasteiger partial charge in [-0.15, -0.1) is 0 Å². The second-order valence-electron chi connectivity index (χ2n) is 5.17. The normalized spacial score (nSPS) is 17.3. The quantitative estimate of drug-likeness (QED) is 0.873. The zero-order chi connectivity index (χ0) is 15.2. The van der Waals surface area contributed by atoms with Gasteiger partial charge in [0.05, 0.1) is 21.3 Å². The van der Waals surface area contributed by atoms with Crippen LogP contribution in [0.5, 0.6) is 17.2 Å². The van der Waals surface area contributed by atoms with Crippen LogP contribution in [0.2, 0.25) is 0 Å². The molecule has 1 saturated heterocycles. The lowest BCUT2D eigenvalue weighted by Gasteiger charge is -2.31. The summed E-state index contributed by atoms with van der Waals surface area (Å²) in [6.07, 6.45) is 2.09. The smallest absolute Gasteiger partial charge is 0.164 e. The summed E-state index contributed by atoms with van der Waals surface area (Å²) < 4.78 is 21.8. The minimum atomic E-state index is 0.212. The predicted octanol–water partition coefficient (Wildman–Crippen LogP) is 2.40. The van der Waals surface area contributed by atoms with Crippen LogP contribution in [0, 0.1) is 5.92 Å². The van der Waals surface area contributed by atoms with Gasteiger partial charge < -0.3 is 24.3 Å². The Balaban J connectivity index is 2.38. The highest BCUT2D eigenvalue weighted by atomic mass is 16.5. The van der Waals surface area contributed by atoms with Crippen LogP contribution in [-0.2, 0) is 4.74 Å². The van der Waals surface area contributed by atoms with Crippen molar-refractivity contribution < 1.29 is 18.9 Å². The second-order valence-corrected chi connectivity index (χ2v) is 5.17. The summed E-state index contributed by atoms with van der Waals surface area (Å²) in [5.74, 6) is 2.75. The number of ether oxygens (including phenoxy) is 4. The van der Waals surface area contributed by atoms with Gasteiger partial charge in [-0.25, -0.2) is 0 Å². The van der Waals surface area contributed by atoms with Crippen molar-refractivity contribution in [1.82, 2.24) is 5.32 Å². The molecule has 1 unspecified atom stereocenters. The van der Waals surface area contributed by atoms with Crippen LogP contribution in [0.1, 0.15) is 24.4 Å². The fourth-order valence-corrected chi connectivity index (χ4v) is 2.99. The Morgan fingerprint density at radius 2 is 1.57 bits per heavy atom. The summed E-state index contributed by atoms with van der Waals surface area (Å²) in [7, 11) is 6.94. The van der Waals surface area contributed by atoms with Crippen molar-refractivity contribution in [3.63, 3.8) is 0 Å². The number of hydrogen-bond donors (Lipinski definition) is 1. The number of nitrogens with one attached hydrogen (secondary N) is 1. The first-order chi connectivity index (χ1) is 10.2. The van der Waals surface area contributed by atoms with Gasteiger partial charge in [0.2, 0.25) is 0 Å². The van der Waals surface area contributed by atoms with E-state index in [1.54, 1.807) is 21.3 Å². The number of rotatable bonds is 6. The molecule has 1 fully saturated rings. The van der Waals surface area contributed by atoms with Crippen LogP contribution in [0.15, 0.2) is 12.1 Å². The summed E-state index contributed by atoms with van der Waals surface area (Å²) in [5, 5.41) is 3.42. The van der Waals surface area contributed by atoms with Crippen LogP contribution in [-0.4, -0.2) is 41.6 Å². The first-order valence-electron chi connectivity index (χ1n) is 7.30. The van der Waals surface area contributed by atoms with E-state index in [-0.39, 0.29) is 6.04 Å². The highest BCUT2D eigenvalue weighted by Crippen LogP contribution is 2.41. The lowest BCUT2D eigenvalue weighted by Crippen LogP contribution is -2.30. The van der Waals surface area contributed by atoms with E-state index < -0.39 is 0 Å². The van der Waals surface area contributed by atoms with Crippen LogP contribution in [0.3, 0.4) is 0 Å². The zero-order valence-electron chi connectivity index (χ0n) is 13.3. The molecule has 1 aliphatic rings. The molecule has 118 valence electrons. The Hall–Kier alpha value is -1.46. The Bertz CT molecular complexity index is 458. The maximum Gasteiger partial charge on any atom is 0.164 e. The summed E-state index contributed by atoms with van der Waals surface area (Å²) in [5.41, 5.74) is 1.10. The Morgan fingerprint density at radius 3 is 2.10 bits per heavy atom. The van der Waals surface area contributed by atoms with E-state index in [9.17, 15) is 0 Å². The van der Waals surface area contributed by atoms with E-state index in [1.165, 1.54) is 0 Å². The van der Waals surface area contributed by atoms with E-state index in [4.69, 9.17) is 18.9 Å². The van der Waals surface area contributed by atoms with Crippen LogP contribution in [0.25, 0.3) is 0 Å². The van der Waals surface area contributed by atoms with Crippen molar-refractivity contribution in [2.45, 2.75) is 18.9 Å². The average molecular weight is 295 g/mol. The van der Waals surface area contributed by atoms with Gasteiger partial charge in [0, 0.05) is 30.9 Å². The molecule has 0 radical (unpaired) electrons. The molecular formula is C16H25NO4. The average Bonchev–Trinajstić information content (AvgIpc) is 2.56. The van der Waals surface area contributed by atoms with E-state index >= 15 is 0 Å². The van der Waals surface area contributed by atoms with E-state index in [2.05, 4.69) is 5.32 Å². The molecule has 0 saturated carbocycles. The lowest BCUT2D eigenvalue weighted by atomic mass is 9.86. The summed E-state index contributed by atoms with van der Waals surface area (Å²) in [4.78, 5) is 0. The number of benzene rings is 1. The van der Waals surface area contributed by atoms with Crippen molar-refractivity contribution in [2.24, 2.45) is 5.92 Å². The lowest BCUT2D eigenvalue weighted by molar-refractivity contribution is 0.0542. The molecule has 1 aliphatic heterocycles. The molecule has 0 amide bonds. The molecule has 0 bridgehead atoms. The van der Waals surface area contributed by atoms with Crippen molar-refractivity contribution >= 4 is 0 Å². The van der Waals surface area contributed by atoms with E-state index in [0.29, 0.717) is 11.7 Å². The van der Waals surface area contributed by atoms with Gasteiger partial charge in [0.1, 0.15) is 5.75 Å². The van der Waals surface area contributed by atoms with Gasteiger partial charge in [-0.2, -0.15) is 0 Å². The third kappa shape index (κ3) is 3.41. The minimum absolute atomic E-state index is 0.212. The van der Waals surface area contributed by atoms with Crippen molar-refractivity contribution in [3.05, 3.63) is 17.7 Å². The molecule has 1 heterocycles. The Morgan fingerprint density at radius 1 is 1.00 bits per heavy atom. The Kier molecular flexibility index (Phi) is 5.70. The fourth-order valence-electron chi connectivity index (χ4n) is 2.99. The molecule has 0 aromatic heterocycles. The highest BCUT2D eigenvalue weighted by molar-refractivity contribution is 5.52. The molecule has 5 nitrogen and oxygen atoms in total. The predicted molar refractivity (Wildman–Crippen MR) is 81.4 cm³/mol. The van der Waals surface area contributed by atoms with Gasteiger partial charge in [-0.3, -0.25) is 0 Å². The molecule has 5 heteroatoms. The summed E-state index contributed by atoms with van der Waals surface area (Å²) in [6, 6.07) is 4.11. The first kappa shape index (κ1) is 15.9. The second kappa shape index (κ2) is 7.52. The SMILES string of the molecule is CNC(c1cc(OC)c(OC)cc1OC)C1CCOCC1. The molecule has 0 aliphatic carbocycles. The number of methoxy groups -OCH3 is 3. The summed E-state index contributed by atoms with van der Waals surface area (Å²) in [6.45, 7) is 1.64. The maximum absolute atomic E-state index is 5.55. The van der Waals surface area contributed by atoms with Crippen LogP contribution < -0.4 is 19.5 Å². The molecule has 21 heavy (non-hydrogen) atoms. The summed E-state index contributed by atoms with van der Waals surface area (Å²) >= 11 is 0. The topological polar surface area (TPSA) is 49.0 Å². The van der Waals surface area contributed by atoms with Crippen LogP contribution >= 0.6 is 0 Å². The van der Waals surface area contributed by atoms with Gasteiger partial charge in [-0.1, -0.05) is 0 Å². The molecule has 1 aromatic carbocycles. The molecule has 0 spiro atoms. The van der Waals surface area contributed by atoms with Crippen molar-refractivity contribution in [3.8, 4) is 17.2 Å². The molecule has 2 rings (SSSR count). The van der Waals surface area contributed by atoms with E-state index in [1.807, 2.05) is 19.2 Å². The highest BCUT2D eigenvalue weighted by Gasteiger charge is 2.27. The molecule has 1 atom stereocenters. The Labute approximate surface area is 126 Å². The fraction of sp³-hybridized carbons (Fsp3) is 0.625. The van der Waals surface area contributed by atoms with Crippen molar-refractivity contribution in [2.75, 3.05) is 41.6 Å². The standard InChI is InChI=1S/C16H25NO4/c1-17-16(11-5-7-21-8-6-11)12-9-14(19-3)15(20-4)10-13(12)18-2/h9-11,16-17H,5-8H2,1-4H3. The minimum Gasteiger partial charge on any atom is -0.496 e. The molecule has 1 aromatic rings. The largest absolute Gasteiger partial charge is 0.496 e. The number of hydrogen-bond acceptors (Lipinski definition) is 5. The van der Waals surface area contributed by atoms with Gasteiger partial charge in [0.25, 0.3) is 0 Å². The zero-order valence-corrected chi connectivity index (χ0v) is 13.3. The third-order valence-corrected chi connectivity index (χ3v) is 4.12. The van der Waals surface area contributed by atoms with Gasteiger partial charge >= 0.3 is 0 Å². The van der Waals surface area contributed by atoms with E-state index in [0.717, 1.165) is 43.1 Å². The molecule has 1 N–H and O–H groups in total.